The largest absolute Gasteiger partial charge is 0.377 e. The number of rotatable bonds is 17. The van der Waals surface area contributed by atoms with Gasteiger partial charge >= 0.3 is 0 Å². The van der Waals surface area contributed by atoms with Crippen molar-refractivity contribution in [1.29, 1.82) is 0 Å². The van der Waals surface area contributed by atoms with Crippen LogP contribution in [-0.2, 0) is 34.0 Å². The molecule has 0 unspecified atom stereocenters. The summed E-state index contributed by atoms with van der Waals surface area (Å²) in [5.74, 6) is 0. The van der Waals surface area contributed by atoms with Gasteiger partial charge in [-0.25, -0.2) is 0 Å². The molecule has 0 spiro atoms. The second-order valence-corrected chi connectivity index (χ2v) is 7.44. The van der Waals surface area contributed by atoms with Crippen molar-refractivity contribution < 1.29 is 14.2 Å². The summed E-state index contributed by atoms with van der Waals surface area (Å²) < 4.78 is 17.7. The molecule has 0 radical (unpaired) electrons. The third-order valence-corrected chi connectivity index (χ3v) is 5.32. The summed E-state index contributed by atoms with van der Waals surface area (Å²) in [5, 5.41) is 7.08. The van der Waals surface area contributed by atoms with Crippen molar-refractivity contribution in [2.75, 3.05) is 32.9 Å². The zero-order chi connectivity index (χ0) is 22.9. The maximum absolute atomic E-state index is 8.37. The van der Waals surface area contributed by atoms with Crippen LogP contribution in [0.4, 0.5) is 0 Å². The van der Waals surface area contributed by atoms with Gasteiger partial charge in [0.25, 0.3) is 0 Å². The molecule has 0 aromatic heterocycles. The van der Waals surface area contributed by atoms with Crippen molar-refractivity contribution in [3.63, 3.8) is 0 Å². The number of azide groups is 2. The van der Waals surface area contributed by atoms with Gasteiger partial charge in [-0.2, -0.15) is 0 Å². The molecule has 1 aromatic rings. The minimum absolute atomic E-state index is 0.438. The van der Waals surface area contributed by atoms with Gasteiger partial charge in [-0.1, -0.05) is 23.6 Å². The smallest absolute Gasteiger partial charge is 0.0722 e. The van der Waals surface area contributed by atoms with Crippen LogP contribution in [0.3, 0.4) is 0 Å². The third kappa shape index (κ3) is 9.59. The molecule has 0 fully saturated rings. The Balaban J connectivity index is 2.95. The van der Waals surface area contributed by atoms with Crippen molar-refractivity contribution in [3.8, 4) is 0 Å². The van der Waals surface area contributed by atoms with Crippen LogP contribution in [0.25, 0.3) is 20.9 Å². The van der Waals surface area contributed by atoms with Gasteiger partial charge < -0.3 is 14.2 Å². The average molecular weight is 433 g/mol. The highest BCUT2D eigenvalue weighted by atomic mass is 16.5. The van der Waals surface area contributed by atoms with Crippen LogP contribution in [-0.4, -0.2) is 32.9 Å². The number of nitrogens with zero attached hydrogens (tertiary/aromatic N) is 6. The molecular weight excluding hydrogens is 396 g/mol. The van der Waals surface area contributed by atoms with E-state index in [2.05, 4.69) is 47.7 Å². The first-order valence-electron chi connectivity index (χ1n) is 10.9. The first-order chi connectivity index (χ1) is 15.1. The Morgan fingerprint density at radius 2 is 1.00 bits per heavy atom. The van der Waals surface area contributed by atoms with Crippen molar-refractivity contribution in [1.82, 2.24) is 0 Å². The molecule has 0 heterocycles. The SMILES string of the molecule is CCCCOCc1c(C)c(COCCCN=[N+]=[N-])c(C)c(COCCCN=[N+]=[N-])c1C. The number of benzene rings is 1. The van der Waals surface area contributed by atoms with Crippen LogP contribution in [0.1, 0.15) is 66.0 Å². The average Bonchev–Trinajstić information content (AvgIpc) is 2.76. The molecule has 0 aliphatic rings. The lowest BCUT2D eigenvalue weighted by atomic mass is 9.89. The van der Waals surface area contributed by atoms with E-state index < -0.39 is 0 Å². The standard InChI is InChI=1S/C22H36N6O3/c1-5-6-11-29-14-20-17(2)21(15-30-12-7-9-25-27-23)19(4)22(18(20)3)16-31-13-8-10-26-28-24/h5-16H2,1-4H3. The summed E-state index contributed by atoms with van der Waals surface area (Å²) in [7, 11) is 0. The van der Waals surface area contributed by atoms with Gasteiger partial charge in [0.15, 0.2) is 0 Å². The Bertz CT molecular complexity index is 716. The van der Waals surface area contributed by atoms with Gasteiger partial charge in [0.05, 0.1) is 19.8 Å². The lowest BCUT2D eigenvalue weighted by Crippen LogP contribution is -2.12. The highest BCUT2D eigenvalue weighted by Gasteiger charge is 2.17. The van der Waals surface area contributed by atoms with E-state index in [0.717, 1.165) is 30.6 Å². The van der Waals surface area contributed by atoms with Crippen LogP contribution in [0.5, 0.6) is 0 Å². The van der Waals surface area contributed by atoms with Gasteiger partial charge in [-0.15, -0.1) is 0 Å². The molecule has 0 N–H and O–H groups in total. The third-order valence-electron chi connectivity index (χ3n) is 5.32. The zero-order valence-electron chi connectivity index (χ0n) is 19.4. The molecule has 0 bridgehead atoms. The minimum atomic E-state index is 0.438. The molecule has 31 heavy (non-hydrogen) atoms. The second-order valence-electron chi connectivity index (χ2n) is 7.44. The highest BCUT2D eigenvalue weighted by Crippen LogP contribution is 2.29. The van der Waals surface area contributed by atoms with Crippen molar-refractivity contribution >= 4 is 0 Å². The molecule has 0 aliphatic carbocycles. The first kappa shape index (κ1) is 26.8. The molecule has 0 saturated heterocycles. The van der Waals surface area contributed by atoms with Crippen LogP contribution < -0.4 is 0 Å². The number of unbranched alkanes of at least 4 members (excludes halogenated alkanes) is 1. The fraction of sp³-hybridized carbons (Fsp3) is 0.727. The fourth-order valence-electron chi connectivity index (χ4n) is 3.37. The second kappa shape index (κ2) is 16.4. The molecule has 1 aromatic carbocycles. The number of hydrogen-bond acceptors (Lipinski definition) is 5. The molecule has 1 rings (SSSR count). The van der Waals surface area contributed by atoms with E-state index in [1.807, 2.05) is 0 Å². The summed E-state index contributed by atoms with van der Waals surface area (Å²) in [6.07, 6.45) is 3.55. The highest BCUT2D eigenvalue weighted by molar-refractivity contribution is 5.50. The molecular formula is C22H36N6O3. The van der Waals surface area contributed by atoms with E-state index in [9.17, 15) is 0 Å². The Kier molecular flexibility index (Phi) is 14.2. The number of hydrogen-bond donors (Lipinski definition) is 0. The van der Waals surface area contributed by atoms with Crippen molar-refractivity contribution in [3.05, 3.63) is 54.3 Å². The Morgan fingerprint density at radius 1 is 0.645 bits per heavy atom. The van der Waals surface area contributed by atoms with Crippen molar-refractivity contribution in [2.24, 2.45) is 10.2 Å². The minimum Gasteiger partial charge on any atom is -0.377 e. The maximum atomic E-state index is 8.37. The lowest BCUT2D eigenvalue weighted by Gasteiger charge is -2.22. The normalized spacial score (nSPS) is 10.6. The van der Waals surface area contributed by atoms with E-state index in [-0.39, 0.29) is 0 Å². The first-order valence-corrected chi connectivity index (χ1v) is 10.9. The molecule has 0 aliphatic heterocycles. The lowest BCUT2D eigenvalue weighted by molar-refractivity contribution is 0.110. The summed E-state index contributed by atoms with van der Waals surface area (Å²) in [6, 6.07) is 0. The van der Waals surface area contributed by atoms with Crippen LogP contribution >= 0.6 is 0 Å². The maximum Gasteiger partial charge on any atom is 0.0722 e. The molecule has 9 nitrogen and oxygen atoms in total. The monoisotopic (exact) mass is 432 g/mol. The molecule has 0 saturated carbocycles. The van der Waals surface area contributed by atoms with E-state index in [4.69, 9.17) is 25.3 Å². The predicted molar refractivity (Wildman–Crippen MR) is 122 cm³/mol. The fourth-order valence-corrected chi connectivity index (χ4v) is 3.37. The molecule has 172 valence electrons. The summed E-state index contributed by atoms with van der Waals surface area (Å²) in [6.45, 7) is 12.8. The van der Waals surface area contributed by atoms with Gasteiger partial charge in [0.1, 0.15) is 0 Å². The van der Waals surface area contributed by atoms with Crippen LogP contribution in [0.15, 0.2) is 10.2 Å². The Hall–Kier alpha value is -2.28. The summed E-state index contributed by atoms with van der Waals surface area (Å²) in [4.78, 5) is 5.53. The summed E-state index contributed by atoms with van der Waals surface area (Å²) in [5.41, 5.74) is 23.8. The van der Waals surface area contributed by atoms with Crippen molar-refractivity contribution in [2.45, 2.75) is 73.2 Å². The predicted octanol–water partition coefficient (Wildman–Crippen LogP) is 6.36. The quantitative estimate of drug-likeness (QED) is 0.123. The Morgan fingerprint density at radius 3 is 1.32 bits per heavy atom. The topological polar surface area (TPSA) is 125 Å². The Labute approximate surface area is 185 Å². The molecule has 0 atom stereocenters. The van der Waals surface area contributed by atoms with Gasteiger partial charge in [-0.05, 0) is 84.5 Å². The van der Waals surface area contributed by atoms with E-state index in [1.165, 1.54) is 22.3 Å². The van der Waals surface area contributed by atoms with Crippen LogP contribution in [0, 0.1) is 20.8 Å². The molecule has 9 heteroatoms. The number of ether oxygens (including phenoxy) is 3. The van der Waals surface area contributed by atoms with E-state index >= 15 is 0 Å². The van der Waals surface area contributed by atoms with Gasteiger partial charge in [-0.3, -0.25) is 0 Å². The summed E-state index contributed by atoms with van der Waals surface area (Å²) >= 11 is 0. The van der Waals surface area contributed by atoms with Gasteiger partial charge in [0, 0.05) is 42.7 Å². The van der Waals surface area contributed by atoms with E-state index in [1.54, 1.807) is 0 Å². The molecule has 0 amide bonds. The zero-order valence-corrected chi connectivity index (χ0v) is 19.4. The van der Waals surface area contributed by atoms with Crippen LogP contribution in [0.2, 0.25) is 0 Å². The van der Waals surface area contributed by atoms with E-state index in [0.29, 0.717) is 59.0 Å². The van der Waals surface area contributed by atoms with Gasteiger partial charge in [0.2, 0.25) is 0 Å².